The van der Waals surface area contributed by atoms with Gasteiger partial charge in [-0.15, -0.1) is 0 Å². The Kier molecular flexibility index (Phi) is 7.83. The minimum absolute atomic E-state index is 0.199. The molecule has 5 aromatic rings. The average molecular weight is 655 g/mol. The fourth-order valence-electron chi connectivity index (χ4n) is 7.09. The summed E-state index contributed by atoms with van der Waals surface area (Å²) >= 11 is 0. The largest absolute Gasteiger partial charge is 0.371 e. The molecule has 12 heteroatoms. The SMILES string of the molecule is O=C1CCC(N2Cc3c(CNC(=O)c4cccc(N5CCC(n6cc(-c7cnc8ccccc8n7)cn6)CC5)c4)cccc3C2=O)C(=O)N1. The average Bonchev–Trinajstić information content (AvgIpc) is 3.76. The van der Waals surface area contributed by atoms with Gasteiger partial charge < -0.3 is 15.1 Å². The van der Waals surface area contributed by atoms with Crippen molar-refractivity contribution in [3.63, 3.8) is 0 Å². The van der Waals surface area contributed by atoms with Crippen molar-refractivity contribution < 1.29 is 19.2 Å². The molecule has 3 aromatic carbocycles. The van der Waals surface area contributed by atoms with Crippen LogP contribution in [0.15, 0.2) is 85.3 Å². The minimum atomic E-state index is -0.685. The lowest BCUT2D eigenvalue weighted by Crippen LogP contribution is -2.52. The number of nitrogens with zero attached hydrogens (tertiary/aromatic N) is 6. The van der Waals surface area contributed by atoms with Crippen LogP contribution in [0.5, 0.6) is 0 Å². The van der Waals surface area contributed by atoms with E-state index in [4.69, 9.17) is 4.98 Å². The highest BCUT2D eigenvalue weighted by Gasteiger charge is 2.39. The maximum atomic E-state index is 13.3. The summed E-state index contributed by atoms with van der Waals surface area (Å²) < 4.78 is 2.03. The van der Waals surface area contributed by atoms with Gasteiger partial charge in [-0.25, -0.2) is 4.98 Å². The molecular weight excluding hydrogens is 620 g/mol. The fraction of sp³-hybridized carbons (Fsp3) is 0.270. The van der Waals surface area contributed by atoms with Crippen LogP contribution in [0, 0.1) is 0 Å². The number of hydrogen-bond donors (Lipinski definition) is 2. The maximum Gasteiger partial charge on any atom is 0.255 e. The molecule has 12 nitrogen and oxygen atoms in total. The van der Waals surface area contributed by atoms with Crippen LogP contribution < -0.4 is 15.5 Å². The Bertz CT molecular complexity index is 2120. The van der Waals surface area contributed by atoms with E-state index in [1.807, 2.05) is 59.4 Å². The first-order valence-electron chi connectivity index (χ1n) is 16.6. The van der Waals surface area contributed by atoms with Gasteiger partial charge in [0, 0.05) is 61.2 Å². The Hall–Kier alpha value is -5.91. The molecule has 0 spiro atoms. The zero-order valence-corrected chi connectivity index (χ0v) is 26.7. The lowest BCUT2D eigenvalue weighted by atomic mass is 10.0. The number of para-hydroxylation sites is 2. The normalized spacial score (nSPS) is 18.1. The highest BCUT2D eigenvalue weighted by atomic mass is 16.2. The van der Waals surface area contributed by atoms with Crippen molar-refractivity contribution in [2.24, 2.45) is 0 Å². The third-order valence-electron chi connectivity index (χ3n) is 9.78. The molecule has 2 N–H and O–H groups in total. The number of benzene rings is 3. The van der Waals surface area contributed by atoms with E-state index in [0.29, 0.717) is 17.5 Å². The van der Waals surface area contributed by atoms with Crippen LogP contribution in [0.1, 0.15) is 63.6 Å². The van der Waals surface area contributed by atoms with Crippen LogP contribution >= 0.6 is 0 Å². The van der Waals surface area contributed by atoms with E-state index >= 15 is 0 Å². The molecule has 49 heavy (non-hydrogen) atoms. The highest BCUT2D eigenvalue weighted by Crippen LogP contribution is 2.31. The van der Waals surface area contributed by atoms with Gasteiger partial charge in [-0.05, 0) is 66.8 Å². The molecule has 0 saturated carbocycles. The second kappa shape index (κ2) is 12.6. The fourth-order valence-corrected chi connectivity index (χ4v) is 7.09. The number of amides is 4. The Morgan fingerprint density at radius 2 is 1.73 bits per heavy atom. The van der Waals surface area contributed by atoms with Crippen molar-refractivity contribution >= 4 is 40.3 Å². The number of rotatable bonds is 7. The Morgan fingerprint density at radius 3 is 2.57 bits per heavy atom. The molecule has 3 aliphatic rings. The van der Waals surface area contributed by atoms with E-state index in [2.05, 4.69) is 31.8 Å². The summed E-state index contributed by atoms with van der Waals surface area (Å²) in [5.74, 6) is -1.21. The van der Waals surface area contributed by atoms with Crippen molar-refractivity contribution in [2.75, 3.05) is 18.0 Å². The van der Waals surface area contributed by atoms with Crippen molar-refractivity contribution in [1.29, 1.82) is 0 Å². The maximum absolute atomic E-state index is 13.3. The predicted octanol–water partition coefficient (Wildman–Crippen LogP) is 4.03. The number of carbonyl (C=O) groups excluding carboxylic acids is 4. The smallest absolute Gasteiger partial charge is 0.255 e. The summed E-state index contributed by atoms with van der Waals surface area (Å²) in [6.45, 7) is 2.16. The number of hydrogen-bond acceptors (Lipinski definition) is 8. The number of aromatic nitrogens is 4. The monoisotopic (exact) mass is 654 g/mol. The summed E-state index contributed by atoms with van der Waals surface area (Å²) in [6, 6.07) is 20.5. The van der Waals surface area contributed by atoms with Gasteiger partial charge >= 0.3 is 0 Å². The van der Waals surface area contributed by atoms with E-state index in [0.717, 1.165) is 65.0 Å². The van der Waals surface area contributed by atoms with Gasteiger partial charge in [-0.1, -0.05) is 30.3 Å². The Balaban J connectivity index is 0.886. The first-order chi connectivity index (χ1) is 23.9. The molecule has 2 aromatic heterocycles. The van der Waals surface area contributed by atoms with Crippen LogP contribution in [-0.4, -0.2) is 67.4 Å². The van der Waals surface area contributed by atoms with Gasteiger partial charge in [0.1, 0.15) is 6.04 Å². The molecule has 1 unspecified atom stereocenters. The second-order valence-electron chi connectivity index (χ2n) is 12.7. The molecule has 2 fully saturated rings. The van der Waals surface area contributed by atoms with Crippen LogP contribution in [0.4, 0.5) is 5.69 Å². The lowest BCUT2D eigenvalue weighted by molar-refractivity contribution is -0.136. The molecule has 0 aliphatic carbocycles. The van der Waals surface area contributed by atoms with Crippen molar-refractivity contribution in [1.82, 2.24) is 35.3 Å². The summed E-state index contributed by atoms with van der Waals surface area (Å²) in [4.78, 5) is 63.7. The zero-order valence-electron chi connectivity index (χ0n) is 26.7. The molecule has 4 amide bonds. The Labute approximate surface area is 282 Å². The number of fused-ring (bicyclic) bond motifs is 2. The number of piperidine rings is 2. The number of carbonyl (C=O) groups is 4. The van der Waals surface area contributed by atoms with Gasteiger partial charge in [-0.3, -0.25) is 34.2 Å². The summed E-state index contributed by atoms with van der Waals surface area (Å²) in [5.41, 5.74) is 7.15. The van der Waals surface area contributed by atoms with E-state index < -0.39 is 11.9 Å². The van der Waals surface area contributed by atoms with Crippen molar-refractivity contribution in [2.45, 2.75) is 50.9 Å². The molecule has 8 rings (SSSR count). The van der Waals surface area contributed by atoms with Gasteiger partial charge in [0.05, 0.1) is 35.2 Å². The van der Waals surface area contributed by atoms with E-state index in [1.54, 1.807) is 24.4 Å². The third kappa shape index (κ3) is 5.90. The summed E-state index contributed by atoms with van der Waals surface area (Å²) in [7, 11) is 0. The van der Waals surface area contributed by atoms with Crippen LogP contribution in [0.25, 0.3) is 22.3 Å². The summed E-state index contributed by atoms with van der Waals surface area (Å²) in [6.07, 6.45) is 8.02. The molecule has 1 atom stereocenters. The molecule has 3 aliphatic heterocycles. The zero-order chi connectivity index (χ0) is 33.5. The molecule has 246 valence electrons. The Morgan fingerprint density at radius 1 is 0.918 bits per heavy atom. The molecule has 5 heterocycles. The molecule has 0 bridgehead atoms. The molecule has 2 saturated heterocycles. The first-order valence-corrected chi connectivity index (χ1v) is 16.6. The number of nitrogens with one attached hydrogen (secondary N) is 2. The minimum Gasteiger partial charge on any atom is -0.371 e. The molecular formula is C37H34N8O4. The summed E-state index contributed by atoms with van der Waals surface area (Å²) in [5, 5.41) is 10.0. The van der Waals surface area contributed by atoms with Crippen LogP contribution in [-0.2, 0) is 22.7 Å². The van der Waals surface area contributed by atoms with E-state index in [-0.39, 0.29) is 43.3 Å². The molecule has 0 radical (unpaired) electrons. The highest BCUT2D eigenvalue weighted by molar-refractivity contribution is 6.05. The van der Waals surface area contributed by atoms with Crippen LogP contribution in [0.2, 0.25) is 0 Å². The number of imide groups is 1. The van der Waals surface area contributed by atoms with Gasteiger partial charge in [0.2, 0.25) is 11.8 Å². The van der Waals surface area contributed by atoms with Crippen LogP contribution in [0.3, 0.4) is 0 Å². The van der Waals surface area contributed by atoms with Gasteiger partial charge in [0.15, 0.2) is 0 Å². The second-order valence-corrected chi connectivity index (χ2v) is 12.7. The van der Waals surface area contributed by atoms with Gasteiger partial charge in [0.25, 0.3) is 11.8 Å². The van der Waals surface area contributed by atoms with Crippen molar-refractivity contribution in [3.8, 4) is 11.3 Å². The van der Waals surface area contributed by atoms with E-state index in [9.17, 15) is 19.2 Å². The predicted molar refractivity (Wildman–Crippen MR) is 181 cm³/mol. The first kappa shape index (κ1) is 30.4. The van der Waals surface area contributed by atoms with Gasteiger partial charge in [-0.2, -0.15) is 5.10 Å². The topological polar surface area (TPSA) is 142 Å². The van der Waals surface area contributed by atoms with E-state index in [1.165, 1.54) is 4.90 Å². The lowest BCUT2D eigenvalue weighted by Gasteiger charge is -2.33. The third-order valence-corrected chi connectivity index (χ3v) is 9.78. The number of anilines is 1. The van der Waals surface area contributed by atoms with Crippen molar-refractivity contribution in [3.05, 3.63) is 108 Å². The quantitative estimate of drug-likeness (QED) is 0.251. The standard InChI is InChI=1S/C37H34N8O4/c46-34-12-11-33(36(48)42-34)44-22-29-24(6-4-8-28(29)37(44)49)18-39-35(47)23-5-3-7-27(17-23)43-15-13-26(14-16-43)45-21-25(19-40-45)32-20-38-30-9-1-2-10-31(30)41-32/h1-10,17,19-21,26,33H,11-16,18,22H2,(H,39,47)(H,42,46,48).